The van der Waals surface area contributed by atoms with Crippen LogP contribution in [0.15, 0.2) is 42.5 Å². The van der Waals surface area contributed by atoms with E-state index >= 15 is 0 Å². The van der Waals surface area contributed by atoms with Gasteiger partial charge in [-0.2, -0.15) is 0 Å². The van der Waals surface area contributed by atoms with Gasteiger partial charge < -0.3 is 5.32 Å². The summed E-state index contributed by atoms with van der Waals surface area (Å²) < 4.78 is 1.57. The maximum atomic E-state index is 12.2. The number of nitrogens with one attached hydrogen (secondary N) is 1. The van der Waals surface area contributed by atoms with Gasteiger partial charge in [-0.1, -0.05) is 23.2 Å². The van der Waals surface area contributed by atoms with E-state index in [2.05, 4.69) is 20.8 Å². The van der Waals surface area contributed by atoms with Crippen molar-refractivity contribution in [2.24, 2.45) is 7.05 Å². The zero-order valence-electron chi connectivity index (χ0n) is 12.0. The Bertz CT molecular complexity index is 861. The highest BCUT2D eigenvalue weighted by Crippen LogP contribution is 2.23. The molecule has 0 fully saturated rings. The molecule has 1 aromatic heterocycles. The first-order valence-electron chi connectivity index (χ1n) is 6.64. The van der Waals surface area contributed by atoms with Gasteiger partial charge in [0.1, 0.15) is 0 Å². The number of rotatable bonds is 3. The van der Waals surface area contributed by atoms with E-state index in [0.717, 1.165) is 5.56 Å². The highest BCUT2D eigenvalue weighted by Gasteiger charge is 2.10. The molecule has 0 aliphatic rings. The predicted molar refractivity (Wildman–Crippen MR) is 88.6 cm³/mol. The van der Waals surface area contributed by atoms with Gasteiger partial charge in [-0.3, -0.25) is 4.79 Å². The highest BCUT2D eigenvalue weighted by molar-refractivity contribution is 6.42. The SMILES string of the molecule is Cn1nnnc1-c1ccc(NC(=O)c2ccc(Cl)c(Cl)c2)cc1. The van der Waals surface area contributed by atoms with Gasteiger partial charge in [0.05, 0.1) is 10.0 Å². The number of anilines is 1. The first-order valence-corrected chi connectivity index (χ1v) is 7.39. The summed E-state index contributed by atoms with van der Waals surface area (Å²) in [5.41, 5.74) is 1.94. The van der Waals surface area contributed by atoms with Gasteiger partial charge in [-0.15, -0.1) is 5.10 Å². The van der Waals surface area contributed by atoms with Crippen LogP contribution in [0.4, 0.5) is 5.69 Å². The fourth-order valence-electron chi connectivity index (χ4n) is 2.02. The molecule has 2 aromatic carbocycles. The largest absolute Gasteiger partial charge is 0.322 e. The van der Waals surface area contributed by atoms with Crippen molar-refractivity contribution in [1.29, 1.82) is 0 Å². The lowest BCUT2D eigenvalue weighted by Crippen LogP contribution is -2.11. The fraction of sp³-hybridized carbons (Fsp3) is 0.0667. The molecule has 0 saturated carbocycles. The molecule has 0 unspecified atom stereocenters. The second kappa shape index (κ2) is 6.36. The average Bonchev–Trinajstić information content (AvgIpc) is 2.97. The normalized spacial score (nSPS) is 10.6. The van der Waals surface area contributed by atoms with Crippen molar-refractivity contribution in [3.05, 3.63) is 58.1 Å². The van der Waals surface area contributed by atoms with E-state index in [1.807, 2.05) is 12.1 Å². The Balaban J connectivity index is 1.76. The van der Waals surface area contributed by atoms with E-state index in [4.69, 9.17) is 23.2 Å². The Hall–Kier alpha value is -2.44. The molecule has 0 saturated heterocycles. The number of amides is 1. The van der Waals surface area contributed by atoms with Crippen molar-refractivity contribution in [2.75, 3.05) is 5.32 Å². The van der Waals surface area contributed by atoms with Crippen LogP contribution in [0.25, 0.3) is 11.4 Å². The minimum atomic E-state index is -0.267. The number of carbonyl (C=O) groups excluding carboxylic acids is 1. The Morgan fingerprint density at radius 2 is 1.83 bits per heavy atom. The summed E-state index contributed by atoms with van der Waals surface area (Å²) in [5, 5.41) is 14.8. The minimum absolute atomic E-state index is 0.267. The number of nitrogens with zero attached hydrogens (tertiary/aromatic N) is 4. The maximum Gasteiger partial charge on any atom is 0.255 e. The molecule has 0 radical (unpaired) electrons. The number of benzene rings is 2. The summed E-state index contributed by atoms with van der Waals surface area (Å²) in [5.74, 6) is 0.379. The number of hydrogen-bond acceptors (Lipinski definition) is 4. The van der Waals surface area contributed by atoms with Gasteiger partial charge >= 0.3 is 0 Å². The first-order chi connectivity index (χ1) is 11.0. The van der Waals surface area contributed by atoms with Crippen molar-refractivity contribution >= 4 is 34.8 Å². The summed E-state index contributed by atoms with van der Waals surface area (Å²) in [6.07, 6.45) is 0. The Kier molecular flexibility index (Phi) is 4.27. The van der Waals surface area contributed by atoms with E-state index in [9.17, 15) is 4.79 Å². The van der Waals surface area contributed by atoms with Gasteiger partial charge in [0, 0.05) is 23.9 Å². The van der Waals surface area contributed by atoms with Crippen LogP contribution in [-0.4, -0.2) is 26.1 Å². The second-order valence-electron chi connectivity index (χ2n) is 4.79. The molecule has 0 aliphatic carbocycles. The standard InChI is InChI=1S/C15H11Cl2N5O/c1-22-14(19-20-21-22)9-2-5-11(6-3-9)18-15(23)10-4-7-12(16)13(17)8-10/h2-8H,1H3,(H,18,23). The minimum Gasteiger partial charge on any atom is -0.322 e. The van der Waals surface area contributed by atoms with E-state index in [-0.39, 0.29) is 5.91 Å². The molecule has 1 heterocycles. The van der Waals surface area contributed by atoms with Crippen LogP contribution in [0, 0.1) is 0 Å². The third-order valence-electron chi connectivity index (χ3n) is 3.20. The third-order valence-corrected chi connectivity index (χ3v) is 3.94. The van der Waals surface area contributed by atoms with Gasteiger partial charge in [0.25, 0.3) is 5.91 Å². The highest BCUT2D eigenvalue weighted by atomic mass is 35.5. The lowest BCUT2D eigenvalue weighted by atomic mass is 10.1. The maximum absolute atomic E-state index is 12.2. The van der Waals surface area contributed by atoms with E-state index in [1.54, 1.807) is 36.0 Å². The van der Waals surface area contributed by atoms with Crippen LogP contribution in [0.1, 0.15) is 10.4 Å². The van der Waals surface area contributed by atoms with E-state index < -0.39 is 0 Å². The molecule has 3 rings (SSSR count). The number of halogens is 2. The van der Waals surface area contributed by atoms with Crippen molar-refractivity contribution in [3.8, 4) is 11.4 Å². The number of aryl methyl sites for hydroxylation is 1. The molecule has 1 amide bonds. The second-order valence-corrected chi connectivity index (χ2v) is 5.60. The number of aromatic nitrogens is 4. The van der Waals surface area contributed by atoms with Gasteiger partial charge in [0.2, 0.25) is 0 Å². The monoisotopic (exact) mass is 347 g/mol. The summed E-state index contributed by atoms with van der Waals surface area (Å²) >= 11 is 11.8. The Labute approximate surface area is 142 Å². The predicted octanol–water partition coefficient (Wildman–Crippen LogP) is 3.44. The zero-order valence-corrected chi connectivity index (χ0v) is 13.5. The molecule has 3 aromatic rings. The number of carbonyl (C=O) groups is 1. The smallest absolute Gasteiger partial charge is 0.255 e. The van der Waals surface area contributed by atoms with Crippen LogP contribution in [-0.2, 0) is 7.05 Å². The molecular formula is C15H11Cl2N5O. The van der Waals surface area contributed by atoms with Crippen LogP contribution < -0.4 is 5.32 Å². The van der Waals surface area contributed by atoms with Gasteiger partial charge in [0.15, 0.2) is 5.82 Å². The molecule has 6 nitrogen and oxygen atoms in total. The van der Waals surface area contributed by atoms with E-state index in [0.29, 0.717) is 27.1 Å². The lowest BCUT2D eigenvalue weighted by molar-refractivity contribution is 0.102. The van der Waals surface area contributed by atoms with E-state index in [1.165, 1.54) is 6.07 Å². The zero-order chi connectivity index (χ0) is 16.4. The van der Waals surface area contributed by atoms with Crippen LogP contribution in [0.2, 0.25) is 10.0 Å². The molecule has 23 heavy (non-hydrogen) atoms. The van der Waals surface area contributed by atoms with Crippen molar-refractivity contribution in [3.63, 3.8) is 0 Å². The summed E-state index contributed by atoms with van der Waals surface area (Å²) in [4.78, 5) is 12.2. The first kappa shape index (κ1) is 15.5. The van der Waals surface area contributed by atoms with Crippen LogP contribution in [0.5, 0.6) is 0 Å². The number of hydrogen-bond donors (Lipinski definition) is 1. The molecule has 1 N–H and O–H groups in total. The van der Waals surface area contributed by atoms with Crippen molar-refractivity contribution < 1.29 is 4.79 Å². The molecule has 0 aliphatic heterocycles. The molecule has 116 valence electrons. The molecule has 0 atom stereocenters. The lowest BCUT2D eigenvalue weighted by Gasteiger charge is -2.07. The third kappa shape index (κ3) is 3.33. The molecule has 8 heteroatoms. The summed E-state index contributed by atoms with van der Waals surface area (Å²) in [7, 11) is 1.76. The fourth-order valence-corrected chi connectivity index (χ4v) is 2.32. The van der Waals surface area contributed by atoms with Crippen LogP contribution in [0.3, 0.4) is 0 Å². The average molecular weight is 348 g/mol. The van der Waals surface area contributed by atoms with Gasteiger partial charge in [-0.05, 0) is 52.9 Å². The van der Waals surface area contributed by atoms with Crippen molar-refractivity contribution in [2.45, 2.75) is 0 Å². The Morgan fingerprint density at radius 3 is 2.43 bits per heavy atom. The Morgan fingerprint density at radius 1 is 1.09 bits per heavy atom. The quantitative estimate of drug-likeness (QED) is 0.787. The number of tetrazole rings is 1. The summed E-state index contributed by atoms with van der Waals surface area (Å²) in [6.45, 7) is 0. The van der Waals surface area contributed by atoms with Gasteiger partial charge in [-0.25, -0.2) is 4.68 Å². The molecule has 0 spiro atoms. The molecular weight excluding hydrogens is 337 g/mol. The summed E-state index contributed by atoms with van der Waals surface area (Å²) in [6, 6.07) is 11.9. The topological polar surface area (TPSA) is 72.7 Å². The molecule has 0 bridgehead atoms. The van der Waals surface area contributed by atoms with Crippen LogP contribution >= 0.6 is 23.2 Å². The van der Waals surface area contributed by atoms with Crippen molar-refractivity contribution in [1.82, 2.24) is 20.2 Å².